The van der Waals surface area contributed by atoms with Gasteiger partial charge in [0.05, 0.1) is 45.1 Å². The maximum Gasteiger partial charge on any atom is 0.416 e. The molecule has 2 aromatic heterocycles. The number of benzene rings is 2. The highest BCUT2D eigenvalue weighted by atomic mass is 35.5. The number of amides is 2. The molecule has 9 nitrogen and oxygen atoms in total. The number of halogens is 5. The summed E-state index contributed by atoms with van der Waals surface area (Å²) in [5.41, 5.74) is 1.31. The third-order valence-corrected chi connectivity index (χ3v) is 10.1. The Morgan fingerprint density at radius 1 is 0.889 bits per heavy atom. The molecule has 2 amide bonds. The van der Waals surface area contributed by atoms with Crippen molar-refractivity contribution in [1.82, 2.24) is 24.8 Å². The molecular formula is C30H30Cl2F3N7O2S. The van der Waals surface area contributed by atoms with Crippen LogP contribution in [0.1, 0.15) is 32.3 Å². The fraction of sp³-hybridized carbons (Fsp3) is 0.433. The zero-order chi connectivity index (χ0) is 32.0. The standard InChI is InChI=1S/C30H30Cl2F3N7O2S/c1-17-14-41(27(31)43)20(16-40(17)29-38-24-10-7-19(30(33,34)35)11-25(24)45-29)8-9-21-15-39(13-18(2)42(21)28(32)44)26-12-36-22-5-3-4-6-23(22)37-26/h3-7,10-12,17-18,20-21H,8-9,13-16H2,1-2H3/t17-,18+,20+,21-/m0/s1. The second kappa shape index (κ2) is 12.4. The van der Waals surface area contributed by atoms with Gasteiger partial charge in [-0.3, -0.25) is 14.6 Å². The van der Waals surface area contributed by atoms with Crippen molar-refractivity contribution in [2.24, 2.45) is 0 Å². The van der Waals surface area contributed by atoms with E-state index in [4.69, 9.17) is 28.2 Å². The molecule has 0 spiro atoms. The molecular weight excluding hydrogens is 650 g/mol. The van der Waals surface area contributed by atoms with Gasteiger partial charge in [-0.2, -0.15) is 13.2 Å². The molecule has 0 bridgehead atoms. The Morgan fingerprint density at radius 3 is 2.33 bits per heavy atom. The summed E-state index contributed by atoms with van der Waals surface area (Å²) in [4.78, 5) is 46.5. The highest BCUT2D eigenvalue weighted by Crippen LogP contribution is 2.37. The number of rotatable bonds is 5. The minimum atomic E-state index is -4.45. The second-order valence-electron chi connectivity index (χ2n) is 11.6. The van der Waals surface area contributed by atoms with Gasteiger partial charge < -0.3 is 19.6 Å². The first-order chi connectivity index (χ1) is 21.4. The fourth-order valence-electron chi connectivity index (χ4n) is 6.38. The quantitative estimate of drug-likeness (QED) is 0.163. The number of fused-ring (bicyclic) bond motifs is 2. The largest absolute Gasteiger partial charge is 0.416 e. The first-order valence-corrected chi connectivity index (χ1v) is 16.1. The molecule has 2 aromatic carbocycles. The van der Waals surface area contributed by atoms with Gasteiger partial charge in [-0.1, -0.05) is 23.5 Å². The third-order valence-electron chi connectivity index (χ3n) is 8.60. The Hall–Kier alpha value is -3.42. The van der Waals surface area contributed by atoms with Gasteiger partial charge in [0.25, 0.3) is 0 Å². The molecule has 0 unspecified atom stereocenters. The first-order valence-electron chi connectivity index (χ1n) is 14.5. The van der Waals surface area contributed by atoms with Crippen LogP contribution in [0, 0.1) is 0 Å². The molecule has 2 aliphatic heterocycles. The van der Waals surface area contributed by atoms with Crippen LogP contribution in [0.5, 0.6) is 0 Å². The summed E-state index contributed by atoms with van der Waals surface area (Å²) in [5, 5.41) is -0.553. The van der Waals surface area contributed by atoms with E-state index in [1.165, 1.54) is 17.4 Å². The second-order valence-corrected chi connectivity index (χ2v) is 13.3. The van der Waals surface area contributed by atoms with Crippen LogP contribution in [0.15, 0.2) is 48.7 Å². The molecule has 0 radical (unpaired) electrons. The smallest absolute Gasteiger partial charge is 0.351 e. The van der Waals surface area contributed by atoms with Crippen LogP contribution in [0.4, 0.5) is 33.7 Å². The van der Waals surface area contributed by atoms with Crippen LogP contribution in [-0.2, 0) is 6.18 Å². The van der Waals surface area contributed by atoms with E-state index < -0.39 is 22.5 Å². The molecule has 4 aromatic rings. The summed E-state index contributed by atoms with van der Waals surface area (Å²) >= 11 is 13.3. The maximum atomic E-state index is 13.3. The van der Waals surface area contributed by atoms with Crippen LogP contribution in [0.2, 0.25) is 0 Å². The van der Waals surface area contributed by atoms with Crippen molar-refractivity contribution < 1.29 is 22.8 Å². The normalized spacial score (nSPS) is 22.8. The third kappa shape index (κ3) is 6.48. The number of hydrogen-bond acceptors (Lipinski definition) is 8. The maximum absolute atomic E-state index is 13.3. The van der Waals surface area contributed by atoms with Gasteiger partial charge in [-0.05, 0) is 80.2 Å². The predicted molar refractivity (Wildman–Crippen MR) is 170 cm³/mol. The summed E-state index contributed by atoms with van der Waals surface area (Å²) in [7, 11) is 0. The number of nitrogens with zero attached hydrogens (tertiary/aromatic N) is 7. The summed E-state index contributed by atoms with van der Waals surface area (Å²) in [5.74, 6) is 0.701. The zero-order valence-electron chi connectivity index (χ0n) is 24.4. The highest BCUT2D eigenvalue weighted by molar-refractivity contribution is 7.22. The van der Waals surface area contributed by atoms with E-state index >= 15 is 0 Å². The summed E-state index contributed by atoms with van der Waals surface area (Å²) in [6, 6.07) is 10.1. The Kier molecular flexibility index (Phi) is 8.70. The number of piperazine rings is 2. The van der Waals surface area contributed by atoms with Gasteiger partial charge in [-0.25, -0.2) is 9.97 Å². The molecule has 4 heterocycles. The molecule has 2 saturated heterocycles. The molecule has 0 N–H and O–H groups in total. The SMILES string of the molecule is C[C@@H]1CN(c2cnc3ccccc3n2)C[C@H](CC[C@@H]2CN(c3nc4ccc(C(F)(F)F)cc4s3)[C@@H](C)CN2C(=O)Cl)N1C(=O)Cl. The van der Waals surface area contributed by atoms with Crippen LogP contribution < -0.4 is 9.80 Å². The molecule has 0 aliphatic carbocycles. The lowest BCUT2D eigenvalue weighted by atomic mass is 9.97. The average Bonchev–Trinajstić information content (AvgIpc) is 3.42. The van der Waals surface area contributed by atoms with Crippen LogP contribution in [-0.4, -0.2) is 85.8 Å². The first kappa shape index (κ1) is 31.6. The van der Waals surface area contributed by atoms with E-state index in [-0.39, 0.29) is 24.2 Å². The fourth-order valence-corrected chi connectivity index (χ4v) is 8.01. The number of thiazole rings is 1. The number of carbonyl (C=O) groups excluding carboxylic acids is 2. The lowest BCUT2D eigenvalue weighted by molar-refractivity contribution is -0.137. The van der Waals surface area contributed by atoms with Crippen molar-refractivity contribution in [1.29, 1.82) is 0 Å². The van der Waals surface area contributed by atoms with Crippen molar-refractivity contribution in [2.45, 2.75) is 57.0 Å². The average molecular weight is 681 g/mol. The number of aromatic nitrogens is 3. The van der Waals surface area contributed by atoms with E-state index in [0.29, 0.717) is 60.2 Å². The van der Waals surface area contributed by atoms with Crippen molar-refractivity contribution in [3.63, 3.8) is 0 Å². The van der Waals surface area contributed by atoms with E-state index in [0.717, 1.165) is 23.2 Å². The highest BCUT2D eigenvalue weighted by Gasteiger charge is 2.39. The predicted octanol–water partition coefficient (Wildman–Crippen LogP) is 7.21. The molecule has 0 saturated carbocycles. The van der Waals surface area contributed by atoms with Gasteiger partial charge in [0.1, 0.15) is 5.82 Å². The minimum absolute atomic E-state index is 0.177. The van der Waals surface area contributed by atoms with E-state index in [2.05, 4.69) is 14.9 Å². The number of hydrogen-bond donors (Lipinski definition) is 0. The van der Waals surface area contributed by atoms with Gasteiger partial charge in [0.15, 0.2) is 5.13 Å². The van der Waals surface area contributed by atoms with Crippen LogP contribution >= 0.6 is 34.5 Å². The molecule has 15 heteroatoms. The monoisotopic (exact) mass is 679 g/mol. The zero-order valence-corrected chi connectivity index (χ0v) is 26.7. The van der Waals surface area contributed by atoms with Crippen LogP contribution in [0.25, 0.3) is 21.3 Å². The summed E-state index contributed by atoms with van der Waals surface area (Å²) < 4.78 is 40.4. The summed E-state index contributed by atoms with van der Waals surface area (Å²) in [6.07, 6.45) is -1.70. The van der Waals surface area contributed by atoms with Crippen LogP contribution in [0.3, 0.4) is 0 Å². The number of anilines is 2. The molecule has 4 atom stereocenters. The minimum Gasteiger partial charge on any atom is -0.351 e. The van der Waals surface area contributed by atoms with Gasteiger partial charge in [0, 0.05) is 38.3 Å². The van der Waals surface area contributed by atoms with Crippen molar-refractivity contribution in [3.8, 4) is 0 Å². The van der Waals surface area contributed by atoms with Gasteiger partial charge in [-0.15, -0.1) is 0 Å². The Balaban J connectivity index is 1.23. The lowest BCUT2D eigenvalue weighted by Gasteiger charge is -2.47. The Bertz CT molecular complexity index is 1740. The van der Waals surface area contributed by atoms with Crippen molar-refractivity contribution >= 4 is 77.5 Å². The van der Waals surface area contributed by atoms with E-state index in [1.54, 1.807) is 16.0 Å². The van der Waals surface area contributed by atoms with Gasteiger partial charge in [0.2, 0.25) is 0 Å². The topological polar surface area (TPSA) is 85.8 Å². The lowest BCUT2D eigenvalue weighted by Crippen LogP contribution is -2.60. The van der Waals surface area contributed by atoms with E-state index in [9.17, 15) is 22.8 Å². The number of carbonyl (C=O) groups is 2. The molecule has 238 valence electrons. The van der Waals surface area contributed by atoms with E-state index in [1.807, 2.05) is 43.0 Å². The Morgan fingerprint density at radius 2 is 1.62 bits per heavy atom. The summed E-state index contributed by atoms with van der Waals surface area (Å²) in [6.45, 7) is 5.55. The number of alkyl halides is 3. The van der Waals surface area contributed by atoms with Gasteiger partial charge >= 0.3 is 16.9 Å². The molecule has 6 rings (SSSR count). The molecule has 45 heavy (non-hydrogen) atoms. The number of para-hydroxylation sites is 2. The molecule has 2 fully saturated rings. The Labute approximate surface area is 271 Å². The van der Waals surface area contributed by atoms with Crippen molar-refractivity contribution in [2.75, 3.05) is 36.0 Å². The van der Waals surface area contributed by atoms with Crippen molar-refractivity contribution in [3.05, 3.63) is 54.2 Å². The molecule has 2 aliphatic rings.